The highest BCUT2D eigenvalue weighted by molar-refractivity contribution is 6.40. The summed E-state index contributed by atoms with van der Waals surface area (Å²) in [5.41, 5.74) is 0.543. The molecular weight excluding hydrogens is 298 g/mol. The fourth-order valence-corrected chi connectivity index (χ4v) is 1.73. The van der Waals surface area contributed by atoms with Crippen molar-refractivity contribution in [2.75, 3.05) is 32.1 Å². The minimum Gasteiger partial charge on any atom is -0.385 e. The van der Waals surface area contributed by atoms with Crippen LogP contribution in [0.5, 0.6) is 0 Å². The predicted octanol–water partition coefficient (Wildman–Crippen LogP) is 0.694. The zero-order valence-corrected chi connectivity index (χ0v) is 13.1. The minimum atomic E-state index is -0.827. The number of hydrogen-bond donors (Lipinski definition) is 3. The zero-order valence-electron chi connectivity index (χ0n) is 13.1. The molecule has 1 aromatic rings. The van der Waals surface area contributed by atoms with E-state index in [1.165, 1.54) is 0 Å². The molecule has 7 nitrogen and oxygen atoms in total. The van der Waals surface area contributed by atoms with Gasteiger partial charge in [0.1, 0.15) is 0 Å². The molecule has 3 N–H and O–H groups in total. The van der Waals surface area contributed by atoms with Gasteiger partial charge in [0.15, 0.2) is 0 Å². The molecule has 0 fully saturated rings. The minimum absolute atomic E-state index is 0.270. The Bertz CT molecular complexity index is 572. The van der Waals surface area contributed by atoms with Gasteiger partial charge in [-0.15, -0.1) is 6.58 Å². The summed E-state index contributed by atoms with van der Waals surface area (Å²) in [7, 11) is 1.56. The van der Waals surface area contributed by atoms with Crippen molar-refractivity contribution >= 4 is 23.4 Å². The average Bonchev–Trinajstić information content (AvgIpc) is 2.56. The summed E-state index contributed by atoms with van der Waals surface area (Å²) in [5, 5.41) is 7.53. The van der Waals surface area contributed by atoms with E-state index >= 15 is 0 Å². The van der Waals surface area contributed by atoms with E-state index < -0.39 is 11.8 Å². The summed E-state index contributed by atoms with van der Waals surface area (Å²) in [6.07, 6.45) is 2.16. The number of ether oxygens (including phenoxy) is 1. The molecule has 1 aromatic carbocycles. The largest absolute Gasteiger partial charge is 0.385 e. The predicted molar refractivity (Wildman–Crippen MR) is 87.1 cm³/mol. The number of rotatable bonds is 8. The first-order valence-electron chi connectivity index (χ1n) is 7.16. The topological polar surface area (TPSA) is 96.5 Å². The average molecular weight is 319 g/mol. The molecule has 0 aliphatic heterocycles. The van der Waals surface area contributed by atoms with Crippen LogP contribution in [0.25, 0.3) is 0 Å². The molecule has 0 bridgehead atoms. The van der Waals surface area contributed by atoms with E-state index in [-0.39, 0.29) is 17.2 Å². The number of carbonyl (C=O) groups is 3. The van der Waals surface area contributed by atoms with Crippen molar-refractivity contribution in [3.05, 3.63) is 42.5 Å². The van der Waals surface area contributed by atoms with Crippen LogP contribution in [0, 0.1) is 0 Å². The van der Waals surface area contributed by atoms with Crippen molar-refractivity contribution in [3.63, 3.8) is 0 Å². The van der Waals surface area contributed by atoms with Gasteiger partial charge in [-0.05, 0) is 18.6 Å². The molecule has 0 aliphatic rings. The van der Waals surface area contributed by atoms with E-state index in [1.54, 1.807) is 37.5 Å². The monoisotopic (exact) mass is 319 g/mol. The Kier molecular flexibility index (Phi) is 8.09. The van der Waals surface area contributed by atoms with Crippen LogP contribution < -0.4 is 16.0 Å². The third-order valence-electron chi connectivity index (χ3n) is 2.84. The third-order valence-corrected chi connectivity index (χ3v) is 2.84. The van der Waals surface area contributed by atoms with Gasteiger partial charge in [-0.25, -0.2) is 0 Å². The fraction of sp³-hybridized carbons (Fsp3) is 0.312. The number of anilines is 1. The molecule has 0 aliphatic carbocycles. The van der Waals surface area contributed by atoms with Crippen LogP contribution >= 0.6 is 0 Å². The van der Waals surface area contributed by atoms with Gasteiger partial charge in [0.25, 0.3) is 5.91 Å². The highest BCUT2D eigenvalue weighted by atomic mass is 16.5. The molecule has 0 unspecified atom stereocenters. The van der Waals surface area contributed by atoms with E-state index in [0.29, 0.717) is 26.1 Å². The van der Waals surface area contributed by atoms with Gasteiger partial charge in [-0.1, -0.05) is 18.2 Å². The Labute approximate surface area is 135 Å². The van der Waals surface area contributed by atoms with Crippen molar-refractivity contribution in [2.24, 2.45) is 0 Å². The number of methoxy groups -OCH3 is 1. The maximum Gasteiger partial charge on any atom is 0.313 e. The van der Waals surface area contributed by atoms with Crippen LogP contribution in [0.4, 0.5) is 5.69 Å². The van der Waals surface area contributed by atoms with Crippen molar-refractivity contribution in [3.8, 4) is 0 Å². The lowest BCUT2D eigenvalue weighted by Crippen LogP contribution is -2.36. The maximum absolute atomic E-state index is 12.0. The summed E-state index contributed by atoms with van der Waals surface area (Å²) in [6.45, 7) is 4.65. The number of hydrogen-bond acceptors (Lipinski definition) is 4. The summed E-state index contributed by atoms with van der Waals surface area (Å²) in [6, 6.07) is 6.45. The highest BCUT2D eigenvalue weighted by Gasteiger charge is 2.17. The summed E-state index contributed by atoms with van der Waals surface area (Å²) in [4.78, 5) is 35.5. The molecule has 0 atom stereocenters. The molecule has 3 amide bonds. The number of para-hydroxylation sites is 1. The molecule has 1 rings (SSSR count). The van der Waals surface area contributed by atoms with E-state index in [1.807, 2.05) is 0 Å². The van der Waals surface area contributed by atoms with Crippen molar-refractivity contribution in [2.45, 2.75) is 6.42 Å². The molecule has 0 heterocycles. The second-order valence-electron chi connectivity index (χ2n) is 4.60. The molecular formula is C16H21N3O4. The molecule has 7 heteroatoms. The summed E-state index contributed by atoms with van der Waals surface area (Å²) < 4.78 is 4.85. The van der Waals surface area contributed by atoms with Crippen molar-refractivity contribution in [1.82, 2.24) is 10.6 Å². The van der Waals surface area contributed by atoms with Gasteiger partial charge in [-0.2, -0.15) is 0 Å². The molecule has 0 radical (unpaired) electrons. The molecule has 0 spiro atoms. The molecule has 0 aromatic heterocycles. The molecule has 124 valence electrons. The Hall–Kier alpha value is -2.67. The Morgan fingerprint density at radius 2 is 1.91 bits per heavy atom. The first-order valence-corrected chi connectivity index (χ1v) is 7.16. The lowest BCUT2D eigenvalue weighted by molar-refractivity contribution is -0.136. The van der Waals surface area contributed by atoms with Crippen LogP contribution in [0.1, 0.15) is 16.8 Å². The van der Waals surface area contributed by atoms with Crippen LogP contribution in [0.2, 0.25) is 0 Å². The van der Waals surface area contributed by atoms with Gasteiger partial charge in [0.05, 0.1) is 11.3 Å². The summed E-state index contributed by atoms with van der Waals surface area (Å²) in [5.74, 6) is -1.95. The van der Waals surface area contributed by atoms with E-state index in [4.69, 9.17) is 4.74 Å². The fourth-order valence-electron chi connectivity index (χ4n) is 1.73. The standard InChI is InChI=1S/C16H21N3O4/c1-3-9-17-14(20)12-7-4-5-8-13(12)19-16(22)15(21)18-10-6-11-23-2/h3-5,7-8H,1,6,9-11H2,2H3,(H,17,20)(H,18,21)(H,19,22). The van der Waals surface area contributed by atoms with Gasteiger partial charge >= 0.3 is 11.8 Å². The zero-order chi connectivity index (χ0) is 17.1. The molecule has 23 heavy (non-hydrogen) atoms. The van der Waals surface area contributed by atoms with E-state index in [9.17, 15) is 14.4 Å². The van der Waals surface area contributed by atoms with E-state index in [0.717, 1.165) is 0 Å². The summed E-state index contributed by atoms with van der Waals surface area (Å²) >= 11 is 0. The normalized spacial score (nSPS) is 9.78. The van der Waals surface area contributed by atoms with Gasteiger partial charge in [0, 0.05) is 26.8 Å². The second kappa shape index (κ2) is 10.1. The quantitative estimate of drug-likeness (QED) is 0.373. The van der Waals surface area contributed by atoms with Gasteiger partial charge in [-0.3, -0.25) is 14.4 Å². The van der Waals surface area contributed by atoms with Crippen LogP contribution in [0.3, 0.4) is 0 Å². The molecule has 0 saturated heterocycles. The van der Waals surface area contributed by atoms with Crippen LogP contribution in [-0.4, -0.2) is 44.5 Å². The third kappa shape index (κ3) is 6.31. The second-order valence-corrected chi connectivity index (χ2v) is 4.60. The maximum atomic E-state index is 12.0. The Balaban J connectivity index is 2.65. The van der Waals surface area contributed by atoms with Gasteiger partial charge in [0.2, 0.25) is 0 Å². The first-order chi connectivity index (χ1) is 11.1. The number of amides is 3. The van der Waals surface area contributed by atoms with Gasteiger partial charge < -0.3 is 20.7 Å². The number of carbonyl (C=O) groups excluding carboxylic acids is 3. The molecule has 0 saturated carbocycles. The van der Waals surface area contributed by atoms with Crippen LogP contribution in [0.15, 0.2) is 36.9 Å². The van der Waals surface area contributed by atoms with E-state index in [2.05, 4.69) is 22.5 Å². The number of nitrogens with one attached hydrogen (secondary N) is 3. The highest BCUT2D eigenvalue weighted by Crippen LogP contribution is 2.14. The van der Waals surface area contributed by atoms with Crippen LogP contribution in [-0.2, 0) is 14.3 Å². The Morgan fingerprint density at radius 1 is 1.17 bits per heavy atom. The first kappa shape index (κ1) is 18.4. The lowest BCUT2D eigenvalue weighted by atomic mass is 10.1. The Morgan fingerprint density at radius 3 is 2.61 bits per heavy atom. The lowest BCUT2D eigenvalue weighted by Gasteiger charge is -2.11. The SMILES string of the molecule is C=CCNC(=O)c1ccccc1NC(=O)C(=O)NCCCOC. The van der Waals surface area contributed by atoms with Crippen molar-refractivity contribution < 1.29 is 19.1 Å². The number of benzene rings is 1. The van der Waals surface area contributed by atoms with Crippen molar-refractivity contribution in [1.29, 1.82) is 0 Å². The smallest absolute Gasteiger partial charge is 0.313 e.